The van der Waals surface area contributed by atoms with Crippen LogP contribution in [0.3, 0.4) is 0 Å². The zero-order valence-corrected chi connectivity index (χ0v) is 6.66. The lowest BCUT2D eigenvalue weighted by Crippen LogP contribution is -2.50. The highest BCUT2D eigenvalue weighted by Gasteiger charge is 2.19. The van der Waals surface area contributed by atoms with Gasteiger partial charge in [-0.3, -0.25) is 0 Å². The van der Waals surface area contributed by atoms with Crippen molar-refractivity contribution in [3.8, 4) is 5.88 Å². The van der Waals surface area contributed by atoms with Crippen LogP contribution >= 0.6 is 0 Å². The molecule has 64 valence electrons. The van der Waals surface area contributed by atoms with Crippen molar-refractivity contribution in [1.29, 1.82) is 0 Å². The average Bonchev–Trinajstić information content (AvgIpc) is 2.00. The third-order valence-electron chi connectivity index (χ3n) is 1.82. The van der Waals surface area contributed by atoms with Gasteiger partial charge in [-0.25, -0.2) is 4.98 Å². The Kier molecular flexibility index (Phi) is 1.83. The van der Waals surface area contributed by atoms with Crippen LogP contribution in [-0.2, 0) is 0 Å². The minimum absolute atomic E-state index is 0.238. The summed E-state index contributed by atoms with van der Waals surface area (Å²) in [5.74, 6) is 0.545. The van der Waals surface area contributed by atoms with Crippen LogP contribution < -0.4 is 15.8 Å². The molecule has 0 saturated carbocycles. The minimum Gasteiger partial charge on any atom is -0.470 e. The maximum Gasteiger partial charge on any atom is 0.237 e. The van der Waals surface area contributed by atoms with Gasteiger partial charge in [-0.15, -0.1) is 0 Å². The summed E-state index contributed by atoms with van der Waals surface area (Å²) in [6, 6.07) is 3.58. The largest absolute Gasteiger partial charge is 0.470 e. The molecule has 12 heavy (non-hydrogen) atoms. The van der Waals surface area contributed by atoms with Crippen molar-refractivity contribution in [2.75, 3.05) is 18.8 Å². The molecule has 0 aliphatic carbocycles. The Hall–Kier alpha value is -1.29. The monoisotopic (exact) mass is 165 g/mol. The zero-order chi connectivity index (χ0) is 8.39. The van der Waals surface area contributed by atoms with Gasteiger partial charge < -0.3 is 15.8 Å². The molecule has 0 aromatic carbocycles. The number of aromatic nitrogens is 1. The maximum atomic E-state index is 5.64. The number of nitrogens with zero attached hydrogens (tertiary/aromatic N) is 1. The van der Waals surface area contributed by atoms with Gasteiger partial charge in [0, 0.05) is 19.3 Å². The van der Waals surface area contributed by atoms with E-state index in [0.29, 0.717) is 11.6 Å². The zero-order valence-electron chi connectivity index (χ0n) is 6.66. The van der Waals surface area contributed by atoms with Crippen LogP contribution in [0.2, 0.25) is 0 Å². The van der Waals surface area contributed by atoms with E-state index in [0.717, 1.165) is 13.1 Å². The van der Waals surface area contributed by atoms with Crippen LogP contribution in [0.1, 0.15) is 0 Å². The molecule has 0 amide bonds. The van der Waals surface area contributed by atoms with Crippen molar-refractivity contribution < 1.29 is 4.74 Å². The summed E-state index contributed by atoms with van der Waals surface area (Å²) in [5, 5.41) is 3.11. The van der Waals surface area contributed by atoms with E-state index in [9.17, 15) is 0 Å². The third kappa shape index (κ3) is 1.33. The van der Waals surface area contributed by atoms with Crippen LogP contribution in [0, 0.1) is 0 Å². The summed E-state index contributed by atoms with van der Waals surface area (Å²) in [7, 11) is 0. The first-order chi connectivity index (χ1) is 5.86. The van der Waals surface area contributed by atoms with Gasteiger partial charge >= 0.3 is 0 Å². The molecule has 1 aromatic rings. The predicted octanol–water partition coefficient (Wildman–Crippen LogP) is 0.0144. The number of nitrogens with two attached hydrogens (primary N) is 1. The van der Waals surface area contributed by atoms with Gasteiger partial charge in [0.15, 0.2) is 0 Å². The van der Waals surface area contributed by atoms with Crippen LogP contribution in [0.5, 0.6) is 5.88 Å². The van der Waals surface area contributed by atoms with E-state index in [4.69, 9.17) is 10.5 Å². The fourth-order valence-corrected chi connectivity index (χ4v) is 1.01. The van der Waals surface area contributed by atoms with E-state index in [1.54, 1.807) is 18.3 Å². The summed E-state index contributed by atoms with van der Waals surface area (Å²) < 4.78 is 5.48. The van der Waals surface area contributed by atoms with Gasteiger partial charge in [-0.2, -0.15) is 0 Å². The number of pyridine rings is 1. The van der Waals surface area contributed by atoms with E-state index in [-0.39, 0.29) is 6.10 Å². The van der Waals surface area contributed by atoms with Crippen molar-refractivity contribution >= 4 is 5.69 Å². The first-order valence-electron chi connectivity index (χ1n) is 3.94. The summed E-state index contributed by atoms with van der Waals surface area (Å²) in [4.78, 5) is 4.03. The van der Waals surface area contributed by atoms with Gasteiger partial charge in [-0.1, -0.05) is 0 Å². The molecule has 3 N–H and O–H groups in total. The van der Waals surface area contributed by atoms with Crippen molar-refractivity contribution in [1.82, 2.24) is 10.3 Å². The SMILES string of the molecule is Nc1cccnc1OC1CNC1. The van der Waals surface area contributed by atoms with Crippen LogP contribution in [-0.4, -0.2) is 24.2 Å². The Morgan fingerprint density at radius 3 is 3.00 bits per heavy atom. The number of nitrogen functional groups attached to an aromatic ring is 1. The van der Waals surface area contributed by atoms with Crippen molar-refractivity contribution in [2.45, 2.75) is 6.10 Å². The second-order valence-electron chi connectivity index (χ2n) is 2.80. The third-order valence-corrected chi connectivity index (χ3v) is 1.82. The van der Waals surface area contributed by atoms with Crippen LogP contribution in [0.15, 0.2) is 18.3 Å². The number of hydrogen-bond acceptors (Lipinski definition) is 4. The number of rotatable bonds is 2. The molecule has 1 saturated heterocycles. The van der Waals surface area contributed by atoms with Gasteiger partial charge in [0.1, 0.15) is 6.10 Å². The Balaban J connectivity index is 2.06. The molecule has 1 aliphatic heterocycles. The van der Waals surface area contributed by atoms with Crippen LogP contribution in [0.25, 0.3) is 0 Å². The lowest BCUT2D eigenvalue weighted by atomic mass is 10.2. The molecule has 1 aromatic heterocycles. The van der Waals surface area contributed by atoms with Crippen molar-refractivity contribution in [2.24, 2.45) is 0 Å². The lowest BCUT2D eigenvalue weighted by Gasteiger charge is -2.27. The van der Waals surface area contributed by atoms with Crippen LogP contribution in [0.4, 0.5) is 5.69 Å². The standard InChI is InChI=1S/C8H11N3O/c9-7-2-1-3-11-8(7)12-6-4-10-5-6/h1-3,6,10H,4-5,9H2. The summed E-state index contributed by atoms with van der Waals surface area (Å²) in [6.07, 6.45) is 1.92. The first kappa shape index (κ1) is 7.36. The summed E-state index contributed by atoms with van der Waals surface area (Å²) >= 11 is 0. The number of anilines is 1. The molecule has 4 nitrogen and oxygen atoms in total. The lowest BCUT2D eigenvalue weighted by molar-refractivity contribution is 0.137. The number of hydrogen-bond donors (Lipinski definition) is 2. The number of ether oxygens (including phenoxy) is 1. The number of nitrogens with one attached hydrogen (secondary N) is 1. The fraction of sp³-hybridized carbons (Fsp3) is 0.375. The van der Waals surface area contributed by atoms with E-state index >= 15 is 0 Å². The Morgan fingerprint density at radius 2 is 2.42 bits per heavy atom. The molecule has 4 heteroatoms. The molecule has 0 radical (unpaired) electrons. The smallest absolute Gasteiger partial charge is 0.237 e. The van der Waals surface area contributed by atoms with E-state index < -0.39 is 0 Å². The fourth-order valence-electron chi connectivity index (χ4n) is 1.01. The molecule has 2 rings (SSSR count). The van der Waals surface area contributed by atoms with Crippen molar-refractivity contribution in [3.05, 3.63) is 18.3 Å². The molecule has 1 fully saturated rings. The molecule has 0 unspecified atom stereocenters. The molecule has 0 atom stereocenters. The topological polar surface area (TPSA) is 60.2 Å². The van der Waals surface area contributed by atoms with E-state index in [1.165, 1.54) is 0 Å². The van der Waals surface area contributed by atoms with Gasteiger partial charge in [-0.05, 0) is 12.1 Å². The molecular formula is C8H11N3O. The Labute approximate surface area is 70.7 Å². The second kappa shape index (κ2) is 2.98. The molecule has 1 aliphatic rings. The molecular weight excluding hydrogens is 154 g/mol. The molecule has 2 heterocycles. The molecule has 0 bridgehead atoms. The maximum absolute atomic E-state index is 5.64. The average molecular weight is 165 g/mol. The predicted molar refractivity (Wildman–Crippen MR) is 45.9 cm³/mol. The molecule has 0 spiro atoms. The Bertz CT molecular complexity index is 273. The van der Waals surface area contributed by atoms with Gasteiger partial charge in [0.2, 0.25) is 5.88 Å². The van der Waals surface area contributed by atoms with E-state index in [2.05, 4.69) is 10.3 Å². The quantitative estimate of drug-likeness (QED) is 0.648. The minimum atomic E-state index is 0.238. The van der Waals surface area contributed by atoms with Gasteiger partial charge in [0.25, 0.3) is 0 Å². The van der Waals surface area contributed by atoms with Crippen molar-refractivity contribution in [3.63, 3.8) is 0 Å². The highest BCUT2D eigenvalue weighted by Crippen LogP contribution is 2.18. The highest BCUT2D eigenvalue weighted by atomic mass is 16.5. The van der Waals surface area contributed by atoms with Gasteiger partial charge in [0.05, 0.1) is 5.69 Å². The first-order valence-corrected chi connectivity index (χ1v) is 3.94. The summed E-state index contributed by atoms with van der Waals surface area (Å²) in [5.41, 5.74) is 6.24. The summed E-state index contributed by atoms with van der Waals surface area (Å²) in [6.45, 7) is 1.77. The Morgan fingerprint density at radius 1 is 1.58 bits per heavy atom. The van der Waals surface area contributed by atoms with E-state index in [1.807, 2.05) is 0 Å². The second-order valence-corrected chi connectivity index (χ2v) is 2.80. The normalized spacial score (nSPS) is 17.0. The highest BCUT2D eigenvalue weighted by molar-refractivity contribution is 5.47.